The highest BCUT2D eigenvalue weighted by Gasteiger charge is 2.24. The average molecular weight is 493 g/mol. The van der Waals surface area contributed by atoms with Gasteiger partial charge in [-0.05, 0) is 63.8 Å². The number of carbonyl (C=O) groups is 2. The lowest BCUT2D eigenvalue weighted by molar-refractivity contribution is 0.0102. The van der Waals surface area contributed by atoms with Crippen molar-refractivity contribution < 1.29 is 23.8 Å². The molecule has 1 amide bonds. The molecule has 0 fully saturated rings. The maximum absolute atomic E-state index is 12.3. The van der Waals surface area contributed by atoms with Gasteiger partial charge in [0, 0.05) is 30.5 Å². The van der Waals surface area contributed by atoms with Gasteiger partial charge in [0.25, 0.3) is 0 Å². The van der Waals surface area contributed by atoms with Gasteiger partial charge in [-0.25, -0.2) is 19.6 Å². The summed E-state index contributed by atoms with van der Waals surface area (Å²) in [6, 6.07) is 5.09. The fourth-order valence-corrected chi connectivity index (χ4v) is 3.42. The zero-order chi connectivity index (χ0) is 25.7. The summed E-state index contributed by atoms with van der Waals surface area (Å²) in [5.74, 6) is 0.984. The molecule has 1 atom stereocenters. The number of anilines is 1. The first kappa shape index (κ1) is 27.3. The maximum Gasteiger partial charge on any atom is 0.517 e. The number of halogens is 1. The van der Waals surface area contributed by atoms with Gasteiger partial charge in [-0.3, -0.25) is 4.90 Å². The highest BCUT2D eigenvalue weighted by atomic mass is 35.5. The minimum atomic E-state index is -1.09. The second-order valence-corrected chi connectivity index (χ2v) is 10.3. The van der Waals surface area contributed by atoms with E-state index in [-0.39, 0.29) is 18.3 Å². The quantitative estimate of drug-likeness (QED) is 0.400. The number of nitrogens with two attached hydrogens (primary N) is 1. The number of nitrogens with zero attached hydrogens (tertiary/aromatic N) is 3. The van der Waals surface area contributed by atoms with Crippen LogP contribution in [0.25, 0.3) is 11.1 Å². The largest absolute Gasteiger partial charge is 0.517 e. The lowest BCUT2D eigenvalue weighted by atomic mass is 9.93. The van der Waals surface area contributed by atoms with Gasteiger partial charge in [0.15, 0.2) is 0 Å². The average Bonchev–Trinajstić information content (AvgIpc) is 2.70. The molecule has 10 heteroatoms. The summed E-state index contributed by atoms with van der Waals surface area (Å²) in [6.07, 6.45) is 1.91. The van der Waals surface area contributed by atoms with Gasteiger partial charge < -0.3 is 19.9 Å². The Labute approximate surface area is 205 Å². The Morgan fingerprint density at radius 2 is 1.82 bits per heavy atom. The molecule has 9 nitrogen and oxygen atoms in total. The molecule has 2 aromatic rings. The van der Waals surface area contributed by atoms with Crippen LogP contribution < -0.4 is 15.4 Å². The molecule has 0 saturated carbocycles. The van der Waals surface area contributed by atoms with Crippen LogP contribution >= 0.6 is 11.6 Å². The van der Waals surface area contributed by atoms with Gasteiger partial charge in [0.05, 0.1) is 0 Å². The van der Waals surface area contributed by atoms with E-state index in [2.05, 4.69) is 23.8 Å². The molecule has 0 aliphatic carbocycles. The molecule has 0 aliphatic rings. The van der Waals surface area contributed by atoms with Crippen molar-refractivity contribution in [3.8, 4) is 17.0 Å². The third kappa shape index (κ3) is 8.46. The summed E-state index contributed by atoms with van der Waals surface area (Å²) < 4.78 is 15.5. The number of rotatable bonds is 7. The summed E-state index contributed by atoms with van der Waals surface area (Å²) >= 11 is 6.40. The van der Waals surface area contributed by atoms with E-state index in [1.54, 1.807) is 45.2 Å². The van der Waals surface area contributed by atoms with Crippen molar-refractivity contribution in [2.24, 2.45) is 11.7 Å². The molecular formula is C24H33ClN4O5. The van der Waals surface area contributed by atoms with Crippen LogP contribution in [0.15, 0.2) is 30.6 Å². The van der Waals surface area contributed by atoms with Crippen molar-refractivity contribution in [2.75, 3.05) is 18.6 Å². The molecule has 0 aromatic carbocycles. The lowest BCUT2D eigenvalue weighted by Gasteiger charge is -2.26. The Bertz CT molecular complexity index is 1020. The first-order valence-electron chi connectivity index (χ1n) is 10.9. The number of hydrogen-bond donors (Lipinski definition) is 1. The minimum absolute atomic E-state index is 0.259. The number of hydrogen-bond acceptors (Lipinski definition) is 8. The summed E-state index contributed by atoms with van der Waals surface area (Å²) in [7, 11) is 1.43. The van der Waals surface area contributed by atoms with Crippen molar-refractivity contribution >= 4 is 29.7 Å². The van der Waals surface area contributed by atoms with E-state index in [1.807, 2.05) is 6.92 Å². The predicted molar refractivity (Wildman–Crippen MR) is 131 cm³/mol. The number of aromatic nitrogens is 2. The summed E-state index contributed by atoms with van der Waals surface area (Å²) in [6.45, 7) is 11.4. The lowest BCUT2D eigenvalue weighted by Crippen LogP contribution is -2.43. The number of pyridine rings is 2. The van der Waals surface area contributed by atoms with E-state index in [0.29, 0.717) is 22.1 Å². The van der Waals surface area contributed by atoms with Crippen molar-refractivity contribution in [1.29, 1.82) is 0 Å². The number of amides is 1. The van der Waals surface area contributed by atoms with Crippen LogP contribution in [0.3, 0.4) is 0 Å². The molecule has 0 radical (unpaired) electrons. The second kappa shape index (κ2) is 11.0. The third-order valence-electron chi connectivity index (χ3n) is 4.48. The summed E-state index contributed by atoms with van der Waals surface area (Å²) in [5, 5.41) is 0.328. The van der Waals surface area contributed by atoms with Crippen LogP contribution in [0.1, 0.15) is 48.0 Å². The molecule has 34 heavy (non-hydrogen) atoms. The van der Waals surface area contributed by atoms with E-state index in [9.17, 15) is 9.59 Å². The predicted octanol–water partition coefficient (Wildman–Crippen LogP) is 5.45. The Hall–Kier alpha value is -2.91. The molecular weight excluding hydrogens is 460 g/mol. The zero-order valence-corrected chi connectivity index (χ0v) is 21.5. The minimum Gasteiger partial charge on any atom is -0.475 e. The topological polar surface area (TPSA) is 117 Å². The molecule has 1 unspecified atom stereocenters. The molecule has 0 saturated heterocycles. The first-order chi connectivity index (χ1) is 15.7. The molecule has 2 N–H and O–H groups in total. The summed E-state index contributed by atoms with van der Waals surface area (Å²) in [4.78, 5) is 33.7. The van der Waals surface area contributed by atoms with E-state index in [0.717, 1.165) is 11.3 Å². The van der Waals surface area contributed by atoms with Crippen LogP contribution in [-0.4, -0.2) is 47.0 Å². The van der Waals surface area contributed by atoms with Crippen molar-refractivity contribution in [1.82, 2.24) is 9.97 Å². The highest BCUT2D eigenvalue weighted by molar-refractivity contribution is 6.32. The number of carbonyl (C=O) groups excluding carboxylic acids is 2. The van der Waals surface area contributed by atoms with Gasteiger partial charge in [-0.15, -0.1) is 0 Å². The van der Waals surface area contributed by atoms with Crippen LogP contribution in [0.5, 0.6) is 5.88 Å². The Kier molecular flexibility index (Phi) is 8.85. The maximum atomic E-state index is 12.3. The van der Waals surface area contributed by atoms with Gasteiger partial charge in [0.1, 0.15) is 23.0 Å². The Balaban J connectivity index is 2.12. The second-order valence-electron chi connectivity index (χ2n) is 9.85. The SMILES string of the molecule is CC(C)CC(C)(N)COc1ncc(-c2ccnc(N(C)C(=O)OC(=O)OC(C)(C)C)c2)cc1Cl. The third-order valence-corrected chi connectivity index (χ3v) is 4.75. The number of ether oxygens (including phenoxy) is 3. The fourth-order valence-electron chi connectivity index (χ4n) is 3.20. The van der Waals surface area contributed by atoms with Crippen LogP contribution in [0.2, 0.25) is 5.02 Å². The normalized spacial score (nSPS) is 13.2. The van der Waals surface area contributed by atoms with Gasteiger partial charge in [-0.1, -0.05) is 25.4 Å². The van der Waals surface area contributed by atoms with E-state index >= 15 is 0 Å². The molecule has 2 aromatic heterocycles. The van der Waals surface area contributed by atoms with Crippen LogP contribution in [-0.2, 0) is 9.47 Å². The van der Waals surface area contributed by atoms with Gasteiger partial charge in [-0.2, -0.15) is 0 Å². The molecule has 2 rings (SSSR count). The molecule has 0 bridgehead atoms. The molecule has 0 aliphatic heterocycles. The Morgan fingerprint density at radius 1 is 1.15 bits per heavy atom. The molecule has 186 valence electrons. The van der Waals surface area contributed by atoms with Crippen molar-refractivity contribution in [3.05, 3.63) is 35.6 Å². The zero-order valence-electron chi connectivity index (χ0n) is 20.7. The Morgan fingerprint density at radius 3 is 2.41 bits per heavy atom. The van der Waals surface area contributed by atoms with Gasteiger partial charge >= 0.3 is 12.2 Å². The standard InChI is InChI=1S/C24H33ClN4O5/c1-15(2)12-24(6,26)14-32-20-18(25)10-17(13-28-20)16-8-9-27-19(11-16)29(7)21(30)33-22(31)34-23(3,4)5/h8-11,13,15H,12,14,26H2,1-7H3. The van der Waals surface area contributed by atoms with Crippen molar-refractivity contribution in [2.45, 2.75) is 59.1 Å². The monoisotopic (exact) mass is 492 g/mol. The summed E-state index contributed by atoms with van der Waals surface area (Å²) in [5.41, 5.74) is 6.39. The smallest absolute Gasteiger partial charge is 0.475 e. The van der Waals surface area contributed by atoms with Crippen molar-refractivity contribution in [3.63, 3.8) is 0 Å². The highest BCUT2D eigenvalue weighted by Crippen LogP contribution is 2.30. The van der Waals surface area contributed by atoms with E-state index < -0.39 is 23.4 Å². The molecule has 2 heterocycles. The van der Waals surface area contributed by atoms with Gasteiger partial charge in [0.2, 0.25) is 5.88 Å². The van der Waals surface area contributed by atoms with E-state index in [1.165, 1.54) is 13.2 Å². The van der Waals surface area contributed by atoms with Crippen LogP contribution in [0, 0.1) is 5.92 Å². The molecule has 0 spiro atoms. The van der Waals surface area contributed by atoms with Crippen LogP contribution in [0.4, 0.5) is 15.4 Å². The van der Waals surface area contributed by atoms with E-state index in [4.69, 9.17) is 31.5 Å². The fraction of sp³-hybridized carbons (Fsp3) is 0.500. The first-order valence-corrected chi connectivity index (χ1v) is 11.3.